The van der Waals surface area contributed by atoms with E-state index in [1.54, 1.807) is 0 Å². The first-order valence-electron chi connectivity index (χ1n) is 14.2. The highest BCUT2D eigenvalue weighted by Gasteiger charge is 2.77. The lowest BCUT2D eigenvalue weighted by atomic mass is 9.41. The number of carbonyl (C=O) groups excluding carboxylic acids is 2. The van der Waals surface area contributed by atoms with Gasteiger partial charge >= 0.3 is 0 Å². The number of hydrogen-bond donors (Lipinski definition) is 0. The average Bonchev–Trinajstić information content (AvgIpc) is 3.48. The number of Topliss-reactive ketones (excluding diaryl/α,β-unsaturated/α-hetero) is 2. The van der Waals surface area contributed by atoms with E-state index in [1.807, 2.05) is 37.3 Å². The van der Waals surface area contributed by atoms with Crippen molar-refractivity contribution in [3.63, 3.8) is 0 Å². The monoisotopic (exact) mass is 526 g/mol. The van der Waals surface area contributed by atoms with Gasteiger partial charge in [0.25, 0.3) is 0 Å². The van der Waals surface area contributed by atoms with Gasteiger partial charge in [-0.05, 0) is 68.1 Å². The second kappa shape index (κ2) is 8.58. The van der Waals surface area contributed by atoms with Gasteiger partial charge in [-0.3, -0.25) is 9.59 Å². The van der Waals surface area contributed by atoms with E-state index in [-0.39, 0.29) is 46.6 Å². The van der Waals surface area contributed by atoms with Crippen LogP contribution in [0.5, 0.6) is 0 Å². The zero-order valence-corrected chi connectivity index (χ0v) is 25.2. The zero-order chi connectivity index (χ0) is 27.2. The van der Waals surface area contributed by atoms with Crippen LogP contribution in [0.15, 0.2) is 30.3 Å². The van der Waals surface area contributed by atoms with Crippen LogP contribution in [0, 0.1) is 28.6 Å². The van der Waals surface area contributed by atoms with Crippen molar-refractivity contribution >= 4 is 19.9 Å². The first kappa shape index (κ1) is 27.2. The topological polar surface area (TPSA) is 65.1 Å². The summed E-state index contributed by atoms with van der Waals surface area (Å²) < 4.78 is 19.8. The molecule has 9 atom stereocenters. The molecule has 4 fully saturated rings. The summed E-state index contributed by atoms with van der Waals surface area (Å²) in [5, 5.41) is 0.0370. The molecule has 0 unspecified atom stereocenters. The Bertz CT molecular complexity index is 1080. The third kappa shape index (κ3) is 3.96. The standard InChI is InChI=1S/C31H46O5Si/c1-19-15-22(32)26(34-18-20-13-11-10-12-14-20)29(5)21(19)16-24(36-37(8,9)28(2,3)4)30(6)23(29)17-25-31(7,35-25)27(30)33/h10-14,19,21,23-26H,15-18H2,1-9H3/t19-,21+,23-,24-,25+,26+,29+,30+,31+/m1/s1. The van der Waals surface area contributed by atoms with Gasteiger partial charge in [-0.15, -0.1) is 0 Å². The fourth-order valence-electron chi connectivity index (χ4n) is 8.01. The summed E-state index contributed by atoms with van der Waals surface area (Å²) in [5.74, 6) is 0.736. The van der Waals surface area contributed by atoms with Gasteiger partial charge in [0.2, 0.25) is 0 Å². The number of rotatable bonds is 5. The fourth-order valence-corrected chi connectivity index (χ4v) is 9.42. The number of fused-ring (bicyclic) bond motifs is 4. The Labute approximate surface area is 224 Å². The first-order valence-corrected chi connectivity index (χ1v) is 17.1. The van der Waals surface area contributed by atoms with Crippen molar-refractivity contribution < 1.29 is 23.5 Å². The van der Waals surface area contributed by atoms with E-state index >= 15 is 0 Å². The molecule has 3 saturated carbocycles. The SMILES string of the molecule is C[C@@H]1CC(=O)[C@H](OCc2ccccc2)[C@@]2(C)[C@H]1C[C@@H](O[Si](C)(C)C(C)(C)C)[C@@]1(C)C(=O)[C@@]3(C)O[C@H]3C[C@@H]12. The minimum absolute atomic E-state index is 0.0370. The van der Waals surface area contributed by atoms with E-state index < -0.39 is 30.9 Å². The molecule has 4 aliphatic rings. The van der Waals surface area contributed by atoms with Crippen LogP contribution in [0.4, 0.5) is 0 Å². The summed E-state index contributed by atoms with van der Waals surface area (Å²) in [6.45, 7) is 20.3. The fraction of sp³-hybridized carbons (Fsp3) is 0.742. The molecule has 0 amide bonds. The predicted molar refractivity (Wildman–Crippen MR) is 147 cm³/mol. The maximum atomic E-state index is 14.3. The van der Waals surface area contributed by atoms with Crippen molar-refractivity contribution in [2.24, 2.45) is 28.6 Å². The van der Waals surface area contributed by atoms with E-state index in [9.17, 15) is 9.59 Å². The minimum Gasteiger partial charge on any atom is -0.413 e. The Hall–Kier alpha value is -1.34. The Morgan fingerprint density at radius 3 is 2.32 bits per heavy atom. The molecule has 5 nitrogen and oxygen atoms in total. The maximum absolute atomic E-state index is 14.3. The third-order valence-corrected chi connectivity index (χ3v) is 15.8. The van der Waals surface area contributed by atoms with Crippen molar-refractivity contribution in [2.75, 3.05) is 0 Å². The number of ether oxygens (including phenoxy) is 2. The molecule has 1 aromatic carbocycles. The largest absolute Gasteiger partial charge is 0.413 e. The highest BCUT2D eigenvalue weighted by molar-refractivity contribution is 6.74. The molecular weight excluding hydrogens is 480 g/mol. The van der Waals surface area contributed by atoms with E-state index in [4.69, 9.17) is 13.9 Å². The van der Waals surface area contributed by atoms with Gasteiger partial charge < -0.3 is 13.9 Å². The van der Waals surface area contributed by atoms with Crippen molar-refractivity contribution in [2.45, 2.75) is 116 Å². The second-order valence-electron chi connectivity index (χ2n) is 14.5. The van der Waals surface area contributed by atoms with Crippen LogP contribution in [-0.2, 0) is 30.1 Å². The van der Waals surface area contributed by atoms with Crippen molar-refractivity contribution in [1.82, 2.24) is 0 Å². The Balaban J connectivity index is 1.57. The molecule has 5 rings (SSSR count). The molecule has 1 aromatic rings. The third-order valence-electron chi connectivity index (χ3n) is 11.3. The molecule has 1 saturated heterocycles. The highest BCUT2D eigenvalue weighted by Crippen LogP contribution is 2.69. The number of hydrogen-bond acceptors (Lipinski definition) is 5. The van der Waals surface area contributed by atoms with Crippen LogP contribution in [0.2, 0.25) is 18.1 Å². The summed E-state index contributed by atoms with van der Waals surface area (Å²) in [4.78, 5) is 28.0. The van der Waals surface area contributed by atoms with Crippen molar-refractivity contribution in [3.8, 4) is 0 Å². The summed E-state index contributed by atoms with van der Waals surface area (Å²) in [5.41, 5.74) is -0.860. The van der Waals surface area contributed by atoms with Crippen LogP contribution in [-0.4, -0.2) is 43.8 Å². The van der Waals surface area contributed by atoms with Gasteiger partial charge in [-0.25, -0.2) is 0 Å². The molecule has 1 heterocycles. The van der Waals surface area contributed by atoms with Crippen LogP contribution in [0.1, 0.15) is 73.3 Å². The summed E-state index contributed by atoms with van der Waals surface area (Å²) in [6.07, 6.45) is 1.27. The van der Waals surface area contributed by atoms with E-state index in [1.165, 1.54) is 0 Å². The van der Waals surface area contributed by atoms with Gasteiger partial charge in [0.05, 0.1) is 24.2 Å². The maximum Gasteiger partial charge on any atom is 0.192 e. The van der Waals surface area contributed by atoms with Gasteiger partial charge in [-0.2, -0.15) is 0 Å². The molecule has 6 heteroatoms. The molecule has 3 aliphatic carbocycles. The molecule has 37 heavy (non-hydrogen) atoms. The van der Waals surface area contributed by atoms with Crippen molar-refractivity contribution in [3.05, 3.63) is 35.9 Å². The summed E-state index contributed by atoms with van der Waals surface area (Å²) >= 11 is 0. The highest BCUT2D eigenvalue weighted by atomic mass is 28.4. The number of benzene rings is 1. The van der Waals surface area contributed by atoms with E-state index in [2.05, 4.69) is 54.6 Å². The lowest BCUT2D eigenvalue weighted by molar-refractivity contribution is -0.218. The van der Waals surface area contributed by atoms with E-state index in [0.29, 0.717) is 13.0 Å². The molecule has 0 aromatic heterocycles. The van der Waals surface area contributed by atoms with Gasteiger partial charge in [-0.1, -0.05) is 65.0 Å². The van der Waals surface area contributed by atoms with Crippen LogP contribution < -0.4 is 0 Å². The molecule has 0 bridgehead atoms. The normalized spacial score (nSPS) is 43.6. The zero-order valence-electron chi connectivity index (χ0n) is 24.2. The van der Waals surface area contributed by atoms with Crippen LogP contribution in [0.3, 0.4) is 0 Å². The Morgan fingerprint density at radius 1 is 1.05 bits per heavy atom. The van der Waals surface area contributed by atoms with Gasteiger partial charge in [0.15, 0.2) is 25.5 Å². The Kier molecular flexibility index (Phi) is 6.31. The molecule has 204 valence electrons. The smallest absolute Gasteiger partial charge is 0.192 e. The van der Waals surface area contributed by atoms with Gasteiger partial charge in [0.1, 0.15) is 6.10 Å². The molecule has 0 radical (unpaired) electrons. The van der Waals surface area contributed by atoms with Crippen LogP contribution >= 0.6 is 0 Å². The predicted octanol–water partition coefficient (Wildman–Crippen LogP) is 6.35. The Morgan fingerprint density at radius 2 is 1.70 bits per heavy atom. The minimum atomic E-state index is -2.16. The quantitative estimate of drug-likeness (QED) is 0.330. The lowest BCUT2D eigenvalue weighted by Gasteiger charge is -2.65. The lowest BCUT2D eigenvalue weighted by Crippen LogP contribution is -2.71. The molecule has 1 aliphatic heterocycles. The van der Waals surface area contributed by atoms with Crippen LogP contribution in [0.25, 0.3) is 0 Å². The number of epoxide rings is 1. The van der Waals surface area contributed by atoms with Crippen molar-refractivity contribution in [1.29, 1.82) is 0 Å². The summed E-state index contributed by atoms with van der Waals surface area (Å²) in [7, 11) is -2.16. The second-order valence-corrected chi connectivity index (χ2v) is 19.3. The molecule has 0 spiro atoms. The van der Waals surface area contributed by atoms with E-state index in [0.717, 1.165) is 18.4 Å². The van der Waals surface area contributed by atoms with Gasteiger partial charge in [0, 0.05) is 11.8 Å². The first-order chi connectivity index (χ1) is 17.1. The number of ketones is 2. The number of carbonyl (C=O) groups is 2. The molecular formula is C31H46O5Si. The summed E-state index contributed by atoms with van der Waals surface area (Å²) in [6, 6.07) is 10.1. The average molecular weight is 527 g/mol. The molecule has 0 N–H and O–H groups in total.